The third-order valence-corrected chi connectivity index (χ3v) is 5.18. The Labute approximate surface area is 162 Å². The number of halogens is 4. The minimum atomic E-state index is -4.44. The second kappa shape index (κ2) is 7.46. The molecule has 142 valence electrons. The number of ketones is 2. The summed E-state index contributed by atoms with van der Waals surface area (Å²) in [6.07, 6.45) is -3.32. The summed E-state index contributed by atoms with van der Waals surface area (Å²) in [5.74, 6) is -0.429. The van der Waals surface area contributed by atoms with Gasteiger partial charge in [-0.05, 0) is 63.8 Å². The van der Waals surface area contributed by atoms with Crippen molar-refractivity contribution in [2.45, 2.75) is 38.3 Å². The molecule has 1 aliphatic rings. The number of rotatable bonds is 4. The fourth-order valence-corrected chi connectivity index (χ4v) is 3.64. The van der Waals surface area contributed by atoms with Crippen LogP contribution in [0.5, 0.6) is 11.5 Å². The lowest BCUT2D eigenvalue weighted by atomic mass is 9.90. The Balaban J connectivity index is 1.93. The van der Waals surface area contributed by atoms with E-state index in [0.717, 1.165) is 17.7 Å². The quantitative estimate of drug-likeness (QED) is 0.561. The molecule has 2 aromatic carbocycles. The number of Topliss-reactive ketones (excluding diaryl/α,β-unsaturated/α-hetero) is 2. The Morgan fingerprint density at radius 3 is 2.30 bits per heavy atom. The van der Waals surface area contributed by atoms with Crippen LogP contribution in [0.25, 0.3) is 0 Å². The lowest BCUT2D eigenvalue weighted by Crippen LogP contribution is -2.14. The van der Waals surface area contributed by atoms with Crippen LogP contribution in [0.2, 0.25) is 0 Å². The van der Waals surface area contributed by atoms with Gasteiger partial charge in [-0.25, -0.2) is 0 Å². The molecule has 1 aliphatic carbocycles. The molecule has 0 radical (unpaired) electrons. The second-order valence-corrected chi connectivity index (χ2v) is 7.18. The highest BCUT2D eigenvalue weighted by Crippen LogP contribution is 2.38. The van der Waals surface area contributed by atoms with E-state index in [1.807, 2.05) is 6.92 Å². The first-order chi connectivity index (χ1) is 12.7. The molecule has 0 saturated heterocycles. The van der Waals surface area contributed by atoms with Crippen LogP contribution >= 0.6 is 15.9 Å². The zero-order valence-corrected chi connectivity index (χ0v) is 16.0. The number of benzene rings is 2. The van der Waals surface area contributed by atoms with Crippen LogP contribution in [0.1, 0.15) is 42.4 Å². The van der Waals surface area contributed by atoms with Gasteiger partial charge in [-0.15, -0.1) is 0 Å². The van der Waals surface area contributed by atoms with Crippen molar-refractivity contribution in [2.24, 2.45) is 0 Å². The van der Waals surface area contributed by atoms with E-state index in [9.17, 15) is 22.8 Å². The van der Waals surface area contributed by atoms with Gasteiger partial charge in [-0.2, -0.15) is 13.2 Å². The topological polar surface area (TPSA) is 43.4 Å². The van der Waals surface area contributed by atoms with Crippen LogP contribution in [0.3, 0.4) is 0 Å². The molecule has 0 heterocycles. The standard InChI is InChI=1S/C20H16BrF3O3/c1-2-11-3-5-13(10-14(11)19-16(25)6-7-17(19)26)27-18-8-4-12(9-15(18)21)20(22,23)24/h3-5,8-10,19H,2,6-7H2,1H3. The van der Waals surface area contributed by atoms with E-state index >= 15 is 0 Å². The van der Waals surface area contributed by atoms with Gasteiger partial charge in [0.1, 0.15) is 29.0 Å². The summed E-state index contributed by atoms with van der Waals surface area (Å²) in [4.78, 5) is 24.3. The molecule has 0 unspecified atom stereocenters. The molecule has 0 aromatic heterocycles. The summed E-state index contributed by atoms with van der Waals surface area (Å²) in [6.45, 7) is 1.93. The van der Waals surface area contributed by atoms with E-state index in [2.05, 4.69) is 15.9 Å². The SMILES string of the molecule is CCc1ccc(Oc2ccc(C(F)(F)F)cc2Br)cc1C1C(=O)CCC1=O. The van der Waals surface area contributed by atoms with Gasteiger partial charge >= 0.3 is 6.18 Å². The fraction of sp³-hybridized carbons (Fsp3) is 0.300. The number of carbonyl (C=O) groups excluding carboxylic acids is 2. The van der Waals surface area contributed by atoms with Crippen molar-refractivity contribution in [2.75, 3.05) is 0 Å². The Morgan fingerprint density at radius 1 is 1.07 bits per heavy atom. The average molecular weight is 441 g/mol. The zero-order chi connectivity index (χ0) is 19.8. The number of carbonyl (C=O) groups is 2. The monoisotopic (exact) mass is 440 g/mol. The number of hydrogen-bond acceptors (Lipinski definition) is 3. The maximum atomic E-state index is 12.8. The Morgan fingerprint density at radius 2 is 1.74 bits per heavy atom. The molecule has 3 rings (SSSR count). The molecule has 0 amide bonds. The molecule has 0 N–H and O–H groups in total. The highest BCUT2D eigenvalue weighted by atomic mass is 79.9. The highest BCUT2D eigenvalue weighted by Gasteiger charge is 2.35. The van der Waals surface area contributed by atoms with Gasteiger partial charge in [0.15, 0.2) is 0 Å². The van der Waals surface area contributed by atoms with Crippen molar-refractivity contribution in [3.63, 3.8) is 0 Å². The van der Waals surface area contributed by atoms with Crippen LogP contribution in [-0.4, -0.2) is 11.6 Å². The van der Waals surface area contributed by atoms with Gasteiger partial charge in [0.25, 0.3) is 0 Å². The fourth-order valence-electron chi connectivity index (χ4n) is 3.18. The van der Waals surface area contributed by atoms with Crippen LogP contribution < -0.4 is 4.74 Å². The molecule has 0 atom stereocenters. The highest BCUT2D eigenvalue weighted by molar-refractivity contribution is 9.10. The first-order valence-electron chi connectivity index (χ1n) is 8.43. The molecule has 27 heavy (non-hydrogen) atoms. The molecule has 1 fully saturated rings. The molecular formula is C20H16BrF3O3. The number of hydrogen-bond donors (Lipinski definition) is 0. The van der Waals surface area contributed by atoms with Crippen molar-refractivity contribution in [3.05, 3.63) is 57.6 Å². The summed E-state index contributed by atoms with van der Waals surface area (Å²) < 4.78 is 44.2. The Bertz CT molecular complexity index is 890. The smallest absolute Gasteiger partial charge is 0.416 e. The van der Waals surface area contributed by atoms with Crippen LogP contribution in [-0.2, 0) is 22.2 Å². The molecule has 7 heteroatoms. The van der Waals surface area contributed by atoms with Gasteiger partial charge in [0.05, 0.1) is 10.0 Å². The van der Waals surface area contributed by atoms with Crippen molar-refractivity contribution in [1.82, 2.24) is 0 Å². The second-order valence-electron chi connectivity index (χ2n) is 6.32. The first-order valence-corrected chi connectivity index (χ1v) is 9.23. The summed E-state index contributed by atoms with van der Waals surface area (Å²) in [7, 11) is 0. The first kappa shape index (κ1) is 19.6. The van der Waals surface area contributed by atoms with E-state index in [0.29, 0.717) is 17.7 Å². The van der Waals surface area contributed by atoms with E-state index in [1.54, 1.807) is 18.2 Å². The Kier molecular flexibility index (Phi) is 5.42. The van der Waals surface area contributed by atoms with Crippen molar-refractivity contribution in [3.8, 4) is 11.5 Å². The minimum Gasteiger partial charge on any atom is -0.456 e. The third kappa shape index (κ3) is 4.08. The maximum absolute atomic E-state index is 12.8. The predicted molar refractivity (Wildman–Crippen MR) is 97.0 cm³/mol. The minimum absolute atomic E-state index is 0.109. The van der Waals surface area contributed by atoms with E-state index < -0.39 is 17.7 Å². The summed E-state index contributed by atoms with van der Waals surface area (Å²) in [6, 6.07) is 8.20. The molecular weight excluding hydrogens is 425 g/mol. The van der Waals surface area contributed by atoms with E-state index in [-0.39, 0.29) is 34.6 Å². The number of alkyl halides is 3. The van der Waals surface area contributed by atoms with Crippen LogP contribution in [0.4, 0.5) is 13.2 Å². The summed E-state index contributed by atoms with van der Waals surface area (Å²) in [5.41, 5.74) is 0.707. The predicted octanol–water partition coefficient (Wildman–Crippen LogP) is 5.84. The zero-order valence-electron chi connectivity index (χ0n) is 14.4. The van der Waals surface area contributed by atoms with E-state index in [4.69, 9.17) is 4.74 Å². The van der Waals surface area contributed by atoms with Crippen molar-refractivity contribution >= 4 is 27.5 Å². The lowest BCUT2D eigenvalue weighted by Gasteiger charge is -2.16. The van der Waals surface area contributed by atoms with Gasteiger partial charge in [-0.1, -0.05) is 13.0 Å². The van der Waals surface area contributed by atoms with Gasteiger partial charge in [-0.3, -0.25) is 9.59 Å². The van der Waals surface area contributed by atoms with E-state index in [1.165, 1.54) is 6.07 Å². The molecule has 0 aliphatic heterocycles. The third-order valence-electron chi connectivity index (χ3n) is 4.56. The van der Waals surface area contributed by atoms with Gasteiger partial charge in [0.2, 0.25) is 0 Å². The van der Waals surface area contributed by atoms with Crippen molar-refractivity contribution < 1.29 is 27.5 Å². The molecule has 0 spiro atoms. The van der Waals surface area contributed by atoms with Crippen molar-refractivity contribution in [1.29, 1.82) is 0 Å². The molecule has 2 aromatic rings. The molecule has 3 nitrogen and oxygen atoms in total. The number of ether oxygens (including phenoxy) is 1. The van der Waals surface area contributed by atoms with Crippen LogP contribution in [0.15, 0.2) is 40.9 Å². The van der Waals surface area contributed by atoms with Crippen LogP contribution in [0, 0.1) is 0 Å². The summed E-state index contributed by atoms with van der Waals surface area (Å²) in [5, 5.41) is 0. The largest absolute Gasteiger partial charge is 0.456 e. The van der Waals surface area contributed by atoms with Gasteiger partial charge in [0, 0.05) is 12.8 Å². The number of aryl methyl sites for hydroxylation is 1. The maximum Gasteiger partial charge on any atom is 0.416 e. The average Bonchev–Trinajstić information content (AvgIpc) is 2.94. The normalized spacial score (nSPS) is 15.4. The Hall–Kier alpha value is -2.15. The lowest BCUT2D eigenvalue weighted by molar-refractivity contribution is -0.137. The molecule has 1 saturated carbocycles. The van der Waals surface area contributed by atoms with Gasteiger partial charge < -0.3 is 4.74 Å². The summed E-state index contributed by atoms with van der Waals surface area (Å²) >= 11 is 3.10. The molecule has 0 bridgehead atoms.